The van der Waals surface area contributed by atoms with Crippen LogP contribution in [0, 0.1) is 16.7 Å². The summed E-state index contributed by atoms with van der Waals surface area (Å²) >= 11 is 0. The lowest BCUT2D eigenvalue weighted by Crippen LogP contribution is -2.62. The van der Waals surface area contributed by atoms with Gasteiger partial charge in [0.15, 0.2) is 0 Å². The van der Waals surface area contributed by atoms with Crippen molar-refractivity contribution in [3.63, 3.8) is 0 Å². The highest BCUT2D eigenvalue weighted by atomic mass is 16.5. The molecule has 71 heavy (non-hydrogen) atoms. The Balaban J connectivity index is 1.13. The number of benzene rings is 2. The van der Waals surface area contributed by atoms with Crippen LogP contribution in [0.3, 0.4) is 0 Å². The van der Waals surface area contributed by atoms with Crippen LogP contribution in [0.5, 0.6) is 5.75 Å². The number of aryl methyl sites for hydroxylation is 1. The number of methoxy groups -OCH3 is 1. The molecule has 17 nitrogen and oxygen atoms in total. The summed E-state index contributed by atoms with van der Waals surface area (Å²) in [5.74, 6) is -2.53. The number of carbonyl (C=O) groups is 5. The lowest BCUT2D eigenvalue weighted by atomic mass is 9.84. The van der Waals surface area contributed by atoms with Gasteiger partial charge in [-0.25, -0.2) is 5.43 Å². The monoisotopic (exact) mass is 977 g/mol. The number of rotatable bonds is 13. The van der Waals surface area contributed by atoms with Crippen molar-refractivity contribution in [2.24, 2.45) is 16.7 Å². The highest BCUT2D eigenvalue weighted by Crippen LogP contribution is 2.42. The summed E-state index contributed by atoms with van der Waals surface area (Å²) in [7, 11) is 4.81. The summed E-state index contributed by atoms with van der Waals surface area (Å²) in [6, 6.07) is 12.1. The number of hydrogen-bond acceptors (Lipinski definition) is 12. The van der Waals surface area contributed by atoms with E-state index >= 15 is 0 Å². The molecule has 6 heterocycles. The molecule has 0 radical (unpaired) electrons. The Hall–Kier alpha value is -5.88. The fraction of sp³-hybridized carbons (Fsp3) is 0.556. The Labute approximate surface area is 417 Å². The molecule has 0 aliphatic carbocycles. The fourth-order valence-electron chi connectivity index (χ4n) is 10.7. The molecule has 2 aromatic carbocycles. The van der Waals surface area contributed by atoms with Crippen molar-refractivity contribution in [2.45, 2.75) is 111 Å². The van der Waals surface area contributed by atoms with Crippen molar-refractivity contribution < 1.29 is 43.3 Å². The fourth-order valence-corrected chi connectivity index (χ4v) is 10.7. The number of phenolic OH excluding ortho intramolecular Hbond substituents is 1. The van der Waals surface area contributed by atoms with Crippen LogP contribution >= 0.6 is 0 Å². The predicted octanol–water partition coefficient (Wildman–Crippen LogP) is 5.11. The number of hydrazine groups is 1. The summed E-state index contributed by atoms with van der Waals surface area (Å²) in [5.41, 5.74) is 9.51. The van der Waals surface area contributed by atoms with E-state index in [9.17, 15) is 29.1 Å². The number of pyridine rings is 1. The van der Waals surface area contributed by atoms with Crippen molar-refractivity contribution in [1.82, 2.24) is 40.0 Å². The average Bonchev–Trinajstić information content (AvgIpc) is 4.03. The maximum absolute atomic E-state index is 14.8. The Morgan fingerprint density at radius 1 is 1.03 bits per heavy atom. The van der Waals surface area contributed by atoms with Gasteiger partial charge in [0.25, 0.3) is 5.91 Å². The van der Waals surface area contributed by atoms with E-state index in [-0.39, 0.29) is 61.3 Å². The van der Waals surface area contributed by atoms with Crippen LogP contribution in [0.4, 0.5) is 0 Å². The minimum atomic E-state index is -1.19. The summed E-state index contributed by atoms with van der Waals surface area (Å²) in [4.78, 5) is 80.3. The molecule has 2 aromatic heterocycles. The van der Waals surface area contributed by atoms with E-state index in [2.05, 4.69) is 66.1 Å². The number of ether oxygens (including phenoxy) is 3. The molecule has 4 aliphatic rings. The Morgan fingerprint density at radius 2 is 1.79 bits per heavy atom. The molecule has 6 bridgehead atoms. The van der Waals surface area contributed by atoms with E-state index in [1.807, 2.05) is 39.0 Å². The largest absolute Gasteiger partial charge is 0.508 e. The summed E-state index contributed by atoms with van der Waals surface area (Å²) in [6.07, 6.45) is 2.93. The number of esters is 1. The Bertz CT molecular complexity index is 2680. The van der Waals surface area contributed by atoms with Crippen LogP contribution < -0.4 is 10.7 Å². The molecule has 4 amide bonds. The molecule has 3 N–H and O–H groups in total. The maximum Gasteiger partial charge on any atom is 0.324 e. The van der Waals surface area contributed by atoms with E-state index in [1.165, 1.54) is 21.9 Å². The second-order valence-corrected chi connectivity index (χ2v) is 21.7. The van der Waals surface area contributed by atoms with Gasteiger partial charge in [-0.2, -0.15) is 0 Å². The normalized spacial score (nSPS) is 22.7. The van der Waals surface area contributed by atoms with Crippen LogP contribution in [-0.4, -0.2) is 155 Å². The Morgan fingerprint density at radius 3 is 2.48 bits per heavy atom. The predicted molar refractivity (Wildman–Crippen MR) is 269 cm³/mol. The van der Waals surface area contributed by atoms with Gasteiger partial charge in [0.1, 0.15) is 29.9 Å². The number of aromatic hydroxyl groups is 1. The molecule has 2 unspecified atom stereocenters. The van der Waals surface area contributed by atoms with Crippen LogP contribution in [0.1, 0.15) is 84.2 Å². The van der Waals surface area contributed by atoms with Gasteiger partial charge in [0, 0.05) is 87.3 Å². The minimum absolute atomic E-state index is 0.0187. The first-order valence-corrected chi connectivity index (χ1v) is 25.0. The lowest BCUT2D eigenvalue weighted by molar-refractivity contribution is -0.155. The molecule has 4 aromatic rings. The second kappa shape index (κ2) is 20.7. The first-order valence-electron chi connectivity index (χ1n) is 25.0. The van der Waals surface area contributed by atoms with Gasteiger partial charge in [-0.15, -0.1) is 0 Å². The number of nitrogens with zero attached hydrogens (tertiary/aromatic N) is 6. The molecular weight excluding hydrogens is 905 g/mol. The van der Waals surface area contributed by atoms with Gasteiger partial charge in [-0.1, -0.05) is 46.8 Å². The van der Waals surface area contributed by atoms with Gasteiger partial charge in [-0.3, -0.25) is 38.9 Å². The zero-order valence-electron chi connectivity index (χ0n) is 43.0. The van der Waals surface area contributed by atoms with E-state index in [4.69, 9.17) is 19.2 Å². The zero-order valence-corrected chi connectivity index (χ0v) is 43.0. The maximum atomic E-state index is 14.8. The molecule has 3 saturated heterocycles. The van der Waals surface area contributed by atoms with Crippen molar-refractivity contribution >= 4 is 40.5 Å². The molecular formula is C54H72N8O9. The van der Waals surface area contributed by atoms with Gasteiger partial charge >= 0.3 is 5.97 Å². The number of fused-ring (bicyclic) bond motifs is 6. The number of amides is 4. The van der Waals surface area contributed by atoms with Crippen molar-refractivity contribution in [3.05, 3.63) is 71.5 Å². The third kappa shape index (κ3) is 11.0. The van der Waals surface area contributed by atoms with Gasteiger partial charge in [0.2, 0.25) is 17.7 Å². The van der Waals surface area contributed by atoms with Gasteiger partial charge in [0.05, 0.1) is 43.9 Å². The number of cyclic esters (lactones) is 1. The zero-order chi connectivity index (χ0) is 51.1. The molecule has 0 saturated carbocycles. The summed E-state index contributed by atoms with van der Waals surface area (Å²) in [5, 5.41) is 16.7. The van der Waals surface area contributed by atoms with Crippen LogP contribution in [0.15, 0.2) is 54.7 Å². The minimum Gasteiger partial charge on any atom is -0.508 e. The summed E-state index contributed by atoms with van der Waals surface area (Å²) < 4.78 is 19.6. The SMILES string of the molecule is CCn1c(-c2cccnc2[C@H](C)OC)c2c3cc(ccc31)-c1cc(O)cc(c1)C[C@H](NC(=O)C(C(C)C)N(C)C(=O)CN(C)C(=O)[C@H]1CN1CC1(C)COC1)C(=O)N1CCC[C@H](N1)C(=O)OCC(C)(C)C2. The van der Waals surface area contributed by atoms with Gasteiger partial charge < -0.3 is 39.0 Å². The van der Waals surface area contributed by atoms with Crippen LogP contribution in [0.25, 0.3) is 33.3 Å². The van der Waals surface area contributed by atoms with Crippen LogP contribution in [-0.2, 0) is 57.6 Å². The quantitative estimate of drug-likeness (QED) is 0.119. The van der Waals surface area contributed by atoms with E-state index < -0.39 is 47.2 Å². The smallest absolute Gasteiger partial charge is 0.324 e. The number of aromatic nitrogens is 2. The average molecular weight is 977 g/mol. The molecule has 382 valence electrons. The first-order chi connectivity index (χ1) is 33.7. The number of phenols is 1. The molecule has 0 spiro atoms. The van der Waals surface area contributed by atoms with Crippen molar-refractivity contribution in [3.8, 4) is 28.1 Å². The summed E-state index contributed by atoms with van der Waals surface area (Å²) in [6.45, 7) is 17.5. The molecule has 17 heteroatoms. The van der Waals surface area contributed by atoms with E-state index in [0.29, 0.717) is 56.7 Å². The lowest BCUT2D eigenvalue weighted by Gasteiger charge is -2.38. The van der Waals surface area contributed by atoms with Crippen molar-refractivity contribution in [1.29, 1.82) is 0 Å². The second-order valence-electron chi connectivity index (χ2n) is 21.7. The molecule has 6 atom stereocenters. The van der Waals surface area contributed by atoms with Gasteiger partial charge in [-0.05, 0) is 97.7 Å². The molecule has 4 aliphatic heterocycles. The molecule has 3 fully saturated rings. The number of carbonyl (C=O) groups excluding carboxylic acids is 5. The molecule has 8 rings (SSSR count). The van der Waals surface area contributed by atoms with E-state index in [1.54, 1.807) is 32.5 Å². The van der Waals surface area contributed by atoms with Crippen molar-refractivity contribution in [2.75, 3.05) is 67.2 Å². The number of nitrogens with one attached hydrogen (secondary N) is 2. The number of likely N-dealkylation sites (N-methyl/N-ethyl adjacent to an activating group) is 2. The first kappa shape index (κ1) is 51.5. The highest BCUT2D eigenvalue weighted by Gasteiger charge is 2.48. The van der Waals surface area contributed by atoms with E-state index in [0.717, 1.165) is 45.5 Å². The third-order valence-electron chi connectivity index (χ3n) is 14.6. The Kier molecular flexibility index (Phi) is 15.0. The van der Waals surface area contributed by atoms with Crippen LogP contribution in [0.2, 0.25) is 0 Å². The highest BCUT2D eigenvalue weighted by molar-refractivity contribution is 5.96. The third-order valence-corrected chi connectivity index (χ3v) is 14.6. The standard InChI is InChI=1S/C54H72N8O9/c1-11-61-43-17-16-35-24-39(43)40(48(61)38-14-12-18-55-46(38)33(4)69-10)25-53(5,6)29-71-52(68)41-15-13-19-62(57-41)50(66)42(22-34-20-36(35)23-37(63)21-34)56-49(65)47(32(2)3)59(9)45(64)27-58(8)51(67)44-26-60(44)28-54(7)30-70-31-54/h12,14,16-18,20-21,23-24,32-33,41-42,44,47,57,63H,11,13,15,19,22,25-31H2,1-10H3,(H,56,65)/t33-,41-,42-,44+,47?,60?/m0/s1. The topological polar surface area (TPSA) is 188 Å². The number of hydrogen-bond donors (Lipinski definition) is 3.